The van der Waals surface area contributed by atoms with E-state index in [4.69, 9.17) is 14.2 Å². The minimum Gasteiger partial charge on any atom is -0.454 e. The summed E-state index contributed by atoms with van der Waals surface area (Å²) in [4.78, 5) is 33.7. The largest absolute Gasteiger partial charge is 0.454 e. The van der Waals surface area contributed by atoms with E-state index in [0.717, 1.165) is 6.08 Å². The summed E-state index contributed by atoms with van der Waals surface area (Å²) < 4.78 is 15.2. The molecule has 2 rings (SSSR count). The Kier molecular flexibility index (Phi) is 5.35. The van der Waals surface area contributed by atoms with Gasteiger partial charge in [0.15, 0.2) is 17.6 Å². The molecule has 1 aliphatic heterocycles. The van der Waals surface area contributed by atoms with Gasteiger partial charge in [-0.25, -0.2) is 4.79 Å². The first kappa shape index (κ1) is 17.3. The zero-order valence-corrected chi connectivity index (χ0v) is 13.1. The molecular weight excluding hydrogens is 320 g/mol. The molecule has 9 nitrogen and oxygen atoms in total. The number of nitrogens with zero attached hydrogens (tertiary/aromatic N) is 1. The number of nitro groups is 1. The molecule has 0 saturated carbocycles. The summed E-state index contributed by atoms with van der Waals surface area (Å²) in [7, 11) is 0. The van der Waals surface area contributed by atoms with E-state index >= 15 is 0 Å². The van der Waals surface area contributed by atoms with Crippen LogP contribution in [0.25, 0.3) is 6.08 Å². The second-order valence-corrected chi connectivity index (χ2v) is 4.83. The summed E-state index contributed by atoms with van der Waals surface area (Å²) in [5, 5.41) is 13.6. The lowest BCUT2D eigenvalue weighted by atomic mass is 10.1. The zero-order valence-electron chi connectivity index (χ0n) is 13.1. The van der Waals surface area contributed by atoms with Crippen molar-refractivity contribution in [3.8, 4) is 11.5 Å². The summed E-state index contributed by atoms with van der Waals surface area (Å²) in [5.74, 6) is -0.593. The number of nitro benzene ring substituents is 1. The third-order valence-electron chi connectivity index (χ3n) is 3.13. The number of ether oxygens (including phenoxy) is 3. The van der Waals surface area contributed by atoms with Crippen molar-refractivity contribution in [3.63, 3.8) is 0 Å². The molecule has 9 heteroatoms. The zero-order chi connectivity index (χ0) is 17.7. The summed E-state index contributed by atoms with van der Waals surface area (Å²) in [5.41, 5.74) is -0.0769. The van der Waals surface area contributed by atoms with Gasteiger partial charge in [0.1, 0.15) is 0 Å². The van der Waals surface area contributed by atoms with Gasteiger partial charge in [-0.05, 0) is 26.0 Å². The molecule has 1 amide bonds. The van der Waals surface area contributed by atoms with Crippen LogP contribution in [0.4, 0.5) is 5.69 Å². The highest BCUT2D eigenvalue weighted by atomic mass is 16.7. The number of likely N-dealkylation sites (N-methyl/N-ethyl adjacent to an activating group) is 1. The highest BCUT2D eigenvalue weighted by Crippen LogP contribution is 2.38. The predicted molar refractivity (Wildman–Crippen MR) is 82.5 cm³/mol. The van der Waals surface area contributed by atoms with Gasteiger partial charge in [0.25, 0.3) is 11.6 Å². The summed E-state index contributed by atoms with van der Waals surface area (Å²) >= 11 is 0. The smallest absolute Gasteiger partial charge is 0.331 e. The topological polar surface area (TPSA) is 117 Å². The number of esters is 1. The van der Waals surface area contributed by atoms with E-state index < -0.39 is 22.9 Å². The normalized spacial score (nSPS) is 13.6. The second-order valence-electron chi connectivity index (χ2n) is 4.83. The Balaban J connectivity index is 2.12. The number of carbonyl (C=O) groups excluding carboxylic acids is 2. The fourth-order valence-electron chi connectivity index (χ4n) is 1.98. The van der Waals surface area contributed by atoms with Crippen LogP contribution in [0.2, 0.25) is 0 Å². The molecule has 0 saturated heterocycles. The molecule has 0 unspecified atom stereocenters. The van der Waals surface area contributed by atoms with Crippen LogP contribution in [0, 0.1) is 10.1 Å². The molecule has 0 aliphatic carbocycles. The molecule has 1 aromatic rings. The lowest BCUT2D eigenvalue weighted by Crippen LogP contribution is -2.35. The fourth-order valence-corrected chi connectivity index (χ4v) is 1.98. The van der Waals surface area contributed by atoms with E-state index in [9.17, 15) is 19.7 Å². The predicted octanol–water partition coefficient (Wildman–Crippen LogP) is 1.40. The van der Waals surface area contributed by atoms with Gasteiger partial charge in [-0.3, -0.25) is 14.9 Å². The molecule has 0 radical (unpaired) electrons. The molecule has 0 bridgehead atoms. The van der Waals surface area contributed by atoms with Crippen LogP contribution in [0.1, 0.15) is 19.4 Å². The minimum atomic E-state index is -0.964. The third kappa shape index (κ3) is 4.00. The van der Waals surface area contributed by atoms with E-state index in [0.29, 0.717) is 12.3 Å². The van der Waals surface area contributed by atoms with Gasteiger partial charge in [-0.2, -0.15) is 0 Å². The SMILES string of the molecule is CCNC(=O)[C@@H](C)OC(=O)/C=C/c1cc2c(cc1[N+](=O)[O-])OCO2. The Bertz CT molecular complexity index is 699. The average molecular weight is 336 g/mol. The van der Waals surface area contributed by atoms with E-state index in [1.54, 1.807) is 6.92 Å². The molecule has 24 heavy (non-hydrogen) atoms. The van der Waals surface area contributed by atoms with Crippen LogP contribution < -0.4 is 14.8 Å². The van der Waals surface area contributed by atoms with Crippen molar-refractivity contribution in [2.45, 2.75) is 20.0 Å². The summed E-state index contributed by atoms with van der Waals surface area (Å²) in [6.45, 7) is 3.57. The van der Waals surface area contributed by atoms with E-state index in [2.05, 4.69) is 5.32 Å². The van der Waals surface area contributed by atoms with Crippen LogP contribution in [-0.4, -0.2) is 36.2 Å². The molecule has 1 N–H and O–H groups in total. The average Bonchev–Trinajstić information content (AvgIpc) is 2.99. The first-order valence-corrected chi connectivity index (χ1v) is 7.16. The maximum Gasteiger partial charge on any atom is 0.331 e. The number of benzene rings is 1. The number of fused-ring (bicyclic) bond motifs is 1. The standard InChI is InChI=1S/C15H16N2O7/c1-3-16-15(19)9(2)24-14(18)5-4-10-6-12-13(23-8-22-12)7-11(10)17(20)21/h4-7,9H,3,8H2,1-2H3,(H,16,19)/b5-4+/t9-/m1/s1. The Hall–Kier alpha value is -3.10. The van der Waals surface area contributed by atoms with Crippen LogP contribution in [-0.2, 0) is 14.3 Å². The molecule has 128 valence electrons. The summed E-state index contributed by atoms with van der Waals surface area (Å²) in [6.07, 6.45) is 1.28. The Morgan fingerprint density at radius 3 is 2.71 bits per heavy atom. The number of hydrogen-bond donors (Lipinski definition) is 1. The van der Waals surface area contributed by atoms with Crippen molar-refractivity contribution >= 4 is 23.6 Å². The van der Waals surface area contributed by atoms with Crippen LogP contribution in [0.15, 0.2) is 18.2 Å². The van der Waals surface area contributed by atoms with Crippen molar-refractivity contribution in [1.29, 1.82) is 0 Å². The third-order valence-corrected chi connectivity index (χ3v) is 3.13. The number of nitrogens with one attached hydrogen (secondary N) is 1. The Labute approximate surface area is 137 Å². The van der Waals surface area contributed by atoms with E-state index in [1.807, 2.05) is 0 Å². The van der Waals surface area contributed by atoms with E-state index in [-0.39, 0.29) is 23.8 Å². The lowest BCUT2D eigenvalue weighted by molar-refractivity contribution is -0.385. The first-order valence-electron chi connectivity index (χ1n) is 7.16. The molecule has 1 aliphatic rings. The molecule has 1 aromatic carbocycles. The molecule has 0 fully saturated rings. The number of hydrogen-bond acceptors (Lipinski definition) is 7. The second kappa shape index (κ2) is 7.44. The summed E-state index contributed by atoms with van der Waals surface area (Å²) in [6, 6.07) is 2.63. The van der Waals surface area contributed by atoms with Gasteiger partial charge >= 0.3 is 5.97 Å². The molecule has 0 aromatic heterocycles. The van der Waals surface area contributed by atoms with Crippen LogP contribution in [0.3, 0.4) is 0 Å². The monoisotopic (exact) mass is 336 g/mol. The first-order chi connectivity index (χ1) is 11.4. The highest BCUT2D eigenvalue weighted by Gasteiger charge is 2.22. The van der Waals surface area contributed by atoms with Gasteiger partial charge in [-0.15, -0.1) is 0 Å². The van der Waals surface area contributed by atoms with Gasteiger partial charge in [0.2, 0.25) is 6.79 Å². The lowest BCUT2D eigenvalue weighted by Gasteiger charge is -2.10. The molecule has 0 spiro atoms. The van der Waals surface area contributed by atoms with Crippen LogP contribution >= 0.6 is 0 Å². The molecule has 1 atom stereocenters. The van der Waals surface area contributed by atoms with Crippen molar-refractivity contribution in [1.82, 2.24) is 5.32 Å². The fraction of sp³-hybridized carbons (Fsp3) is 0.333. The number of amides is 1. The van der Waals surface area contributed by atoms with E-state index in [1.165, 1.54) is 25.1 Å². The maximum atomic E-state index is 11.7. The van der Waals surface area contributed by atoms with Gasteiger partial charge in [0.05, 0.1) is 16.6 Å². The Morgan fingerprint density at radius 2 is 2.08 bits per heavy atom. The maximum absolute atomic E-state index is 11.7. The Morgan fingerprint density at radius 1 is 1.42 bits per heavy atom. The highest BCUT2D eigenvalue weighted by molar-refractivity contribution is 5.91. The molecule has 1 heterocycles. The van der Waals surface area contributed by atoms with Crippen molar-refractivity contribution in [3.05, 3.63) is 33.9 Å². The quantitative estimate of drug-likeness (QED) is 0.361. The number of rotatable bonds is 6. The van der Waals surface area contributed by atoms with Gasteiger partial charge < -0.3 is 19.5 Å². The van der Waals surface area contributed by atoms with Crippen molar-refractivity contribution in [2.24, 2.45) is 0 Å². The molecular formula is C15H16N2O7. The van der Waals surface area contributed by atoms with Crippen molar-refractivity contribution < 1.29 is 28.7 Å². The minimum absolute atomic E-state index is 0.0221. The van der Waals surface area contributed by atoms with Crippen molar-refractivity contribution in [2.75, 3.05) is 13.3 Å². The van der Waals surface area contributed by atoms with Crippen LogP contribution in [0.5, 0.6) is 11.5 Å². The van der Waals surface area contributed by atoms with Gasteiger partial charge in [0, 0.05) is 12.6 Å². The number of carbonyl (C=O) groups is 2. The van der Waals surface area contributed by atoms with Gasteiger partial charge in [-0.1, -0.05) is 0 Å².